The van der Waals surface area contributed by atoms with Gasteiger partial charge >= 0.3 is 0 Å². The van der Waals surface area contributed by atoms with E-state index in [9.17, 15) is 8.42 Å². The van der Waals surface area contributed by atoms with E-state index in [0.717, 1.165) is 11.3 Å². The topological polar surface area (TPSA) is 55.8 Å². The van der Waals surface area contributed by atoms with Gasteiger partial charge in [-0.25, -0.2) is 12.7 Å². The van der Waals surface area contributed by atoms with Crippen molar-refractivity contribution in [2.24, 2.45) is 0 Å². The van der Waals surface area contributed by atoms with Gasteiger partial charge in [-0.1, -0.05) is 0 Å². The predicted octanol–water partition coefficient (Wildman–Crippen LogP) is 1.08. The van der Waals surface area contributed by atoms with Gasteiger partial charge in [0, 0.05) is 25.9 Å². The van der Waals surface area contributed by atoms with E-state index in [1.54, 1.807) is 0 Å². The molecule has 0 bridgehead atoms. The Kier molecular flexibility index (Phi) is 3.22. The van der Waals surface area contributed by atoms with Gasteiger partial charge in [-0.3, -0.25) is 0 Å². The molecule has 0 unspecified atom stereocenters. The smallest absolute Gasteiger partial charge is 0.212 e. The summed E-state index contributed by atoms with van der Waals surface area (Å²) in [5.74, 6) is 0.300. The van der Waals surface area contributed by atoms with Crippen LogP contribution < -0.4 is 0 Å². The first-order chi connectivity index (χ1) is 7.82. The molecule has 5 nitrogen and oxygen atoms in total. The van der Waals surface area contributed by atoms with Crippen molar-refractivity contribution in [3.05, 3.63) is 11.3 Å². The highest BCUT2D eigenvalue weighted by Crippen LogP contribution is 2.35. The zero-order chi connectivity index (χ0) is 12.7. The third kappa shape index (κ3) is 2.64. The number of ether oxygens (including phenoxy) is 2. The van der Waals surface area contributed by atoms with E-state index in [4.69, 9.17) is 9.47 Å². The van der Waals surface area contributed by atoms with Crippen molar-refractivity contribution in [1.29, 1.82) is 0 Å². The van der Waals surface area contributed by atoms with Gasteiger partial charge in [-0.2, -0.15) is 0 Å². The van der Waals surface area contributed by atoms with Crippen LogP contribution in [0.15, 0.2) is 11.3 Å². The van der Waals surface area contributed by atoms with Gasteiger partial charge in [-0.15, -0.1) is 0 Å². The van der Waals surface area contributed by atoms with Crippen molar-refractivity contribution < 1.29 is 17.9 Å². The summed E-state index contributed by atoms with van der Waals surface area (Å²) in [6.45, 7) is 5.41. The fourth-order valence-electron chi connectivity index (χ4n) is 2.14. The summed E-state index contributed by atoms with van der Waals surface area (Å²) < 4.78 is 35.9. The molecule has 1 spiro atoms. The lowest BCUT2D eigenvalue weighted by Gasteiger charge is -2.43. The van der Waals surface area contributed by atoms with E-state index in [2.05, 4.69) is 0 Å². The monoisotopic (exact) mass is 261 g/mol. The zero-order valence-corrected chi connectivity index (χ0v) is 11.3. The van der Waals surface area contributed by atoms with E-state index >= 15 is 0 Å². The minimum atomic E-state index is -3.10. The quantitative estimate of drug-likeness (QED) is 0.708. The maximum absolute atomic E-state index is 11.4. The highest BCUT2D eigenvalue weighted by atomic mass is 32.2. The van der Waals surface area contributed by atoms with E-state index in [1.165, 1.54) is 10.6 Å². The normalized spacial score (nSPS) is 26.1. The first-order valence-electron chi connectivity index (χ1n) is 5.77. The molecule has 98 valence electrons. The average Bonchev–Trinajstić information content (AvgIpc) is 2.24. The lowest BCUT2D eigenvalue weighted by Crippen LogP contribution is -2.50. The molecule has 2 heterocycles. The highest BCUT2D eigenvalue weighted by molar-refractivity contribution is 7.88. The van der Waals surface area contributed by atoms with Gasteiger partial charge in [0.1, 0.15) is 0 Å². The SMILES string of the molecule is CC1=C(C)OC2(CCN(S(C)(=O)=O)CC2)OC1. The molecule has 0 aromatic heterocycles. The minimum Gasteiger partial charge on any atom is -0.467 e. The first kappa shape index (κ1) is 12.9. The summed E-state index contributed by atoms with van der Waals surface area (Å²) in [5.41, 5.74) is 1.10. The zero-order valence-electron chi connectivity index (χ0n) is 10.5. The van der Waals surface area contributed by atoms with Crippen LogP contribution in [0.3, 0.4) is 0 Å². The van der Waals surface area contributed by atoms with Gasteiger partial charge in [0.2, 0.25) is 15.8 Å². The summed E-state index contributed by atoms with van der Waals surface area (Å²) >= 11 is 0. The number of nitrogens with zero attached hydrogens (tertiary/aromatic N) is 1. The second kappa shape index (κ2) is 4.26. The van der Waals surface area contributed by atoms with E-state index < -0.39 is 15.8 Å². The summed E-state index contributed by atoms with van der Waals surface area (Å²) in [6, 6.07) is 0. The number of allylic oxidation sites excluding steroid dienone is 1. The van der Waals surface area contributed by atoms with E-state index in [0.29, 0.717) is 32.5 Å². The van der Waals surface area contributed by atoms with Gasteiger partial charge in [0.25, 0.3) is 0 Å². The van der Waals surface area contributed by atoms with Crippen molar-refractivity contribution in [3.8, 4) is 0 Å². The standard InChI is InChI=1S/C11H19NO4S/c1-9-8-15-11(16-10(9)2)4-6-12(7-5-11)17(3,13)14/h4-8H2,1-3H3. The molecule has 6 heteroatoms. The van der Waals surface area contributed by atoms with Gasteiger partial charge in [0.15, 0.2) is 0 Å². The molecule has 0 atom stereocenters. The second-order valence-corrected chi connectivity index (χ2v) is 6.78. The van der Waals surface area contributed by atoms with Crippen LogP contribution in [-0.4, -0.2) is 44.5 Å². The number of piperidine rings is 1. The molecule has 0 aromatic carbocycles. The summed E-state index contributed by atoms with van der Waals surface area (Å²) in [6.07, 6.45) is 2.41. The second-order valence-electron chi connectivity index (χ2n) is 4.80. The van der Waals surface area contributed by atoms with Crippen molar-refractivity contribution in [1.82, 2.24) is 4.31 Å². The molecule has 0 aromatic rings. The summed E-state index contributed by atoms with van der Waals surface area (Å²) in [4.78, 5) is 0. The van der Waals surface area contributed by atoms with Crippen LogP contribution in [0.1, 0.15) is 26.7 Å². The Morgan fingerprint density at radius 2 is 1.82 bits per heavy atom. The Bertz CT molecular complexity index is 432. The molecule has 0 N–H and O–H groups in total. The van der Waals surface area contributed by atoms with Gasteiger partial charge in [-0.05, 0) is 19.4 Å². The minimum absolute atomic E-state index is 0.463. The van der Waals surface area contributed by atoms with E-state index in [1.807, 2.05) is 13.8 Å². The van der Waals surface area contributed by atoms with Crippen LogP contribution in [0.2, 0.25) is 0 Å². The number of rotatable bonds is 1. The van der Waals surface area contributed by atoms with Crippen LogP contribution in [0.4, 0.5) is 0 Å². The Morgan fingerprint density at radius 1 is 1.24 bits per heavy atom. The maximum Gasteiger partial charge on any atom is 0.212 e. The maximum atomic E-state index is 11.4. The fraction of sp³-hybridized carbons (Fsp3) is 0.818. The first-order valence-corrected chi connectivity index (χ1v) is 7.62. The molecule has 1 fully saturated rings. The van der Waals surface area contributed by atoms with Crippen LogP contribution in [0, 0.1) is 0 Å². The largest absolute Gasteiger partial charge is 0.467 e. The Morgan fingerprint density at radius 3 is 2.29 bits per heavy atom. The molecule has 2 aliphatic heterocycles. The third-order valence-electron chi connectivity index (χ3n) is 3.45. The van der Waals surface area contributed by atoms with Gasteiger partial charge < -0.3 is 9.47 Å². The molecule has 17 heavy (non-hydrogen) atoms. The van der Waals surface area contributed by atoms with Crippen molar-refractivity contribution >= 4 is 10.0 Å². The van der Waals surface area contributed by atoms with Gasteiger partial charge in [0.05, 0.1) is 18.6 Å². The van der Waals surface area contributed by atoms with Crippen LogP contribution >= 0.6 is 0 Å². The number of hydrogen-bond donors (Lipinski definition) is 0. The molecule has 0 radical (unpaired) electrons. The van der Waals surface area contributed by atoms with Crippen LogP contribution in [-0.2, 0) is 19.5 Å². The van der Waals surface area contributed by atoms with Crippen molar-refractivity contribution in [3.63, 3.8) is 0 Å². The Hall–Kier alpha value is -0.590. The predicted molar refractivity (Wildman–Crippen MR) is 63.8 cm³/mol. The molecule has 0 aliphatic carbocycles. The summed E-state index contributed by atoms with van der Waals surface area (Å²) in [5, 5.41) is 0. The fourth-order valence-corrected chi connectivity index (χ4v) is 2.99. The summed E-state index contributed by atoms with van der Waals surface area (Å²) in [7, 11) is -3.10. The molecule has 0 amide bonds. The Balaban J connectivity index is 2.05. The number of hydrogen-bond acceptors (Lipinski definition) is 4. The average molecular weight is 261 g/mol. The van der Waals surface area contributed by atoms with Crippen molar-refractivity contribution in [2.45, 2.75) is 32.5 Å². The van der Waals surface area contributed by atoms with E-state index in [-0.39, 0.29) is 0 Å². The van der Waals surface area contributed by atoms with Crippen LogP contribution in [0.25, 0.3) is 0 Å². The van der Waals surface area contributed by atoms with Crippen LogP contribution in [0.5, 0.6) is 0 Å². The lowest BCUT2D eigenvalue weighted by molar-refractivity contribution is -0.241. The molecular formula is C11H19NO4S. The Labute approximate surface area is 102 Å². The molecule has 2 rings (SSSR count). The lowest BCUT2D eigenvalue weighted by atomic mass is 10.0. The molecule has 0 saturated carbocycles. The molecule has 1 saturated heterocycles. The molecule has 2 aliphatic rings. The number of sulfonamides is 1. The highest BCUT2D eigenvalue weighted by Gasteiger charge is 2.41. The van der Waals surface area contributed by atoms with Crippen molar-refractivity contribution in [2.75, 3.05) is 26.0 Å². The third-order valence-corrected chi connectivity index (χ3v) is 4.75. The molecular weight excluding hydrogens is 242 g/mol.